The quantitative estimate of drug-likeness (QED) is 0.714. The van der Waals surface area contributed by atoms with E-state index in [-0.39, 0.29) is 30.7 Å². The van der Waals surface area contributed by atoms with E-state index in [0.29, 0.717) is 36.7 Å². The smallest absolute Gasteiger partial charge is 0.261 e. The number of rotatable bonds is 5. The molecule has 0 spiro atoms. The van der Waals surface area contributed by atoms with Crippen LogP contribution in [-0.2, 0) is 11.3 Å². The first-order chi connectivity index (χ1) is 13.9. The molecule has 152 valence electrons. The van der Waals surface area contributed by atoms with Gasteiger partial charge in [-0.2, -0.15) is 0 Å². The molecule has 1 saturated heterocycles. The van der Waals surface area contributed by atoms with Gasteiger partial charge in [-0.3, -0.25) is 24.2 Å². The van der Waals surface area contributed by atoms with Crippen molar-refractivity contribution in [2.75, 3.05) is 32.7 Å². The van der Waals surface area contributed by atoms with Gasteiger partial charge in [0, 0.05) is 39.1 Å². The average Bonchev–Trinajstić information content (AvgIpc) is 3.16. The van der Waals surface area contributed by atoms with Crippen molar-refractivity contribution in [2.24, 2.45) is 0 Å². The topological polar surface area (TPSA) is 87.0 Å². The molecule has 0 atom stereocenters. The molecule has 1 fully saturated rings. The van der Waals surface area contributed by atoms with E-state index in [2.05, 4.69) is 9.88 Å². The molecule has 1 aromatic carbocycles. The molecule has 0 unspecified atom stereocenters. The molecule has 8 heteroatoms. The first kappa shape index (κ1) is 19.3. The van der Waals surface area contributed by atoms with Crippen molar-refractivity contribution in [3.05, 3.63) is 52.7 Å². The van der Waals surface area contributed by atoms with Crippen LogP contribution in [0.1, 0.15) is 44.5 Å². The summed E-state index contributed by atoms with van der Waals surface area (Å²) < 4.78 is 5.63. The SMILES string of the molecule is Cc1nc(CN2CCN(C(=O)CCN3C(=O)c4ccccc4C3=O)CC2)oc1C. The Kier molecular flexibility index (Phi) is 5.19. The van der Waals surface area contributed by atoms with E-state index in [1.165, 1.54) is 4.90 Å². The van der Waals surface area contributed by atoms with Gasteiger partial charge in [0.1, 0.15) is 5.76 Å². The minimum atomic E-state index is -0.320. The van der Waals surface area contributed by atoms with Crippen LogP contribution in [0.2, 0.25) is 0 Å². The van der Waals surface area contributed by atoms with E-state index in [1.54, 1.807) is 29.2 Å². The molecule has 2 aromatic rings. The molecule has 8 nitrogen and oxygen atoms in total. The number of carbonyl (C=O) groups excluding carboxylic acids is 3. The molecule has 29 heavy (non-hydrogen) atoms. The fourth-order valence-corrected chi connectivity index (χ4v) is 3.76. The van der Waals surface area contributed by atoms with Gasteiger partial charge in [0.25, 0.3) is 11.8 Å². The van der Waals surface area contributed by atoms with Crippen molar-refractivity contribution in [3.63, 3.8) is 0 Å². The largest absolute Gasteiger partial charge is 0.444 e. The lowest BCUT2D eigenvalue weighted by Crippen LogP contribution is -2.49. The summed E-state index contributed by atoms with van der Waals surface area (Å²) in [7, 11) is 0. The Hall–Kier alpha value is -3.00. The van der Waals surface area contributed by atoms with Gasteiger partial charge in [-0.25, -0.2) is 4.98 Å². The summed E-state index contributed by atoms with van der Waals surface area (Å²) in [5, 5.41) is 0. The highest BCUT2D eigenvalue weighted by Gasteiger charge is 2.35. The number of hydrogen-bond donors (Lipinski definition) is 0. The van der Waals surface area contributed by atoms with Crippen LogP contribution in [0, 0.1) is 13.8 Å². The number of benzene rings is 1. The molecule has 0 aliphatic carbocycles. The highest BCUT2D eigenvalue weighted by atomic mass is 16.4. The predicted octanol–water partition coefficient (Wildman–Crippen LogP) is 1.62. The fraction of sp³-hybridized carbons (Fsp3) is 0.429. The third-order valence-corrected chi connectivity index (χ3v) is 5.58. The Morgan fingerprint density at radius 3 is 2.21 bits per heavy atom. The van der Waals surface area contributed by atoms with Crippen molar-refractivity contribution < 1.29 is 18.8 Å². The number of hydrogen-bond acceptors (Lipinski definition) is 6. The first-order valence-corrected chi connectivity index (χ1v) is 9.82. The molecule has 0 saturated carbocycles. The maximum atomic E-state index is 12.6. The zero-order valence-electron chi connectivity index (χ0n) is 16.7. The molecular formula is C21H24N4O4. The number of nitrogens with zero attached hydrogens (tertiary/aromatic N) is 4. The van der Waals surface area contributed by atoms with E-state index in [0.717, 1.165) is 24.5 Å². The Morgan fingerprint density at radius 1 is 1.03 bits per heavy atom. The van der Waals surface area contributed by atoms with E-state index < -0.39 is 0 Å². The maximum Gasteiger partial charge on any atom is 0.261 e. The number of fused-ring (bicyclic) bond motifs is 1. The molecule has 4 rings (SSSR count). The summed E-state index contributed by atoms with van der Waals surface area (Å²) in [4.78, 5) is 47.0. The van der Waals surface area contributed by atoms with Gasteiger partial charge < -0.3 is 9.32 Å². The summed E-state index contributed by atoms with van der Waals surface area (Å²) in [6.07, 6.45) is 0.142. The van der Waals surface area contributed by atoms with Gasteiger partial charge >= 0.3 is 0 Å². The van der Waals surface area contributed by atoms with Gasteiger partial charge in [0.05, 0.1) is 23.4 Å². The summed E-state index contributed by atoms with van der Waals surface area (Å²) in [6.45, 7) is 7.26. The number of carbonyl (C=O) groups is 3. The van der Waals surface area contributed by atoms with Crippen LogP contribution in [0.3, 0.4) is 0 Å². The lowest BCUT2D eigenvalue weighted by molar-refractivity contribution is -0.133. The second kappa shape index (κ2) is 7.79. The van der Waals surface area contributed by atoms with Gasteiger partial charge in [0.15, 0.2) is 0 Å². The molecular weight excluding hydrogens is 372 g/mol. The van der Waals surface area contributed by atoms with Crippen molar-refractivity contribution >= 4 is 17.7 Å². The molecule has 0 bridgehead atoms. The summed E-state index contributed by atoms with van der Waals surface area (Å²) in [5.74, 6) is 0.857. The highest BCUT2D eigenvalue weighted by molar-refractivity contribution is 6.21. The fourth-order valence-electron chi connectivity index (χ4n) is 3.76. The van der Waals surface area contributed by atoms with Crippen LogP contribution in [0.25, 0.3) is 0 Å². The zero-order valence-corrected chi connectivity index (χ0v) is 16.7. The van der Waals surface area contributed by atoms with Gasteiger partial charge in [0.2, 0.25) is 11.8 Å². The number of amides is 3. The minimum Gasteiger partial charge on any atom is -0.444 e. The van der Waals surface area contributed by atoms with Gasteiger partial charge in [-0.15, -0.1) is 0 Å². The third kappa shape index (κ3) is 3.80. The lowest BCUT2D eigenvalue weighted by atomic mass is 10.1. The number of piperazine rings is 1. The Morgan fingerprint density at radius 2 is 1.66 bits per heavy atom. The summed E-state index contributed by atoms with van der Waals surface area (Å²) in [5.41, 5.74) is 1.73. The maximum absolute atomic E-state index is 12.6. The van der Waals surface area contributed by atoms with Crippen molar-refractivity contribution in [1.29, 1.82) is 0 Å². The average molecular weight is 396 g/mol. The second-order valence-electron chi connectivity index (χ2n) is 7.46. The highest BCUT2D eigenvalue weighted by Crippen LogP contribution is 2.22. The summed E-state index contributed by atoms with van der Waals surface area (Å²) >= 11 is 0. The van der Waals surface area contributed by atoms with E-state index in [9.17, 15) is 14.4 Å². The van der Waals surface area contributed by atoms with Crippen LogP contribution >= 0.6 is 0 Å². The lowest BCUT2D eigenvalue weighted by Gasteiger charge is -2.34. The molecule has 0 radical (unpaired) electrons. The second-order valence-corrected chi connectivity index (χ2v) is 7.46. The van der Waals surface area contributed by atoms with Crippen LogP contribution in [0.4, 0.5) is 0 Å². The van der Waals surface area contributed by atoms with Crippen molar-refractivity contribution in [3.8, 4) is 0 Å². The van der Waals surface area contributed by atoms with E-state index >= 15 is 0 Å². The van der Waals surface area contributed by atoms with Crippen LogP contribution in [-0.4, -0.2) is 70.1 Å². The Labute approximate surface area is 169 Å². The Bertz CT molecular complexity index is 905. The van der Waals surface area contributed by atoms with Crippen molar-refractivity contribution in [2.45, 2.75) is 26.8 Å². The molecule has 2 aliphatic heterocycles. The Balaban J connectivity index is 1.26. The van der Waals surface area contributed by atoms with Crippen LogP contribution in [0.15, 0.2) is 28.7 Å². The monoisotopic (exact) mass is 396 g/mol. The molecule has 2 aliphatic rings. The number of aromatic nitrogens is 1. The number of imide groups is 1. The molecule has 3 heterocycles. The third-order valence-electron chi connectivity index (χ3n) is 5.58. The standard InChI is InChI=1S/C21H24N4O4/c1-14-15(2)29-18(22-14)13-23-9-11-24(12-10-23)19(26)7-8-25-20(27)16-5-3-4-6-17(16)21(25)28/h3-6H,7-13H2,1-2H3. The number of aryl methyl sites for hydroxylation is 2. The summed E-state index contributed by atoms with van der Waals surface area (Å²) in [6, 6.07) is 6.76. The molecule has 3 amide bonds. The minimum absolute atomic E-state index is 0.0379. The molecule has 0 N–H and O–H groups in total. The van der Waals surface area contributed by atoms with E-state index in [4.69, 9.17) is 4.42 Å². The van der Waals surface area contributed by atoms with Crippen LogP contribution in [0.5, 0.6) is 0 Å². The van der Waals surface area contributed by atoms with E-state index in [1.807, 2.05) is 13.8 Å². The molecule has 1 aromatic heterocycles. The normalized spacial score (nSPS) is 17.2. The zero-order chi connectivity index (χ0) is 20.5. The number of oxazole rings is 1. The van der Waals surface area contributed by atoms with Gasteiger partial charge in [-0.1, -0.05) is 12.1 Å². The van der Waals surface area contributed by atoms with Crippen LogP contribution < -0.4 is 0 Å². The van der Waals surface area contributed by atoms with Crippen molar-refractivity contribution in [1.82, 2.24) is 19.7 Å². The van der Waals surface area contributed by atoms with Gasteiger partial charge in [-0.05, 0) is 26.0 Å². The predicted molar refractivity (Wildman–Crippen MR) is 104 cm³/mol. The first-order valence-electron chi connectivity index (χ1n) is 9.82.